The molecule has 0 saturated carbocycles. The highest BCUT2D eigenvalue weighted by atomic mass is 32.1. The zero-order chi connectivity index (χ0) is 15.0. The molecule has 2 heterocycles. The maximum Gasteiger partial charge on any atom is 0.264 e. The fourth-order valence-corrected chi connectivity index (χ4v) is 3.69. The van der Waals surface area contributed by atoms with Crippen LogP contribution < -0.4 is 11.1 Å². The maximum atomic E-state index is 13.8. The Balaban J connectivity index is 1.91. The molecule has 1 amide bonds. The minimum atomic E-state index is -0.396. The normalized spacial score (nSPS) is 22.4. The third-order valence-electron chi connectivity index (χ3n) is 3.76. The smallest absolute Gasteiger partial charge is 0.264 e. The van der Waals surface area contributed by atoms with E-state index in [0.29, 0.717) is 21.6 Å². The Bertz CT molecular complexity index is 692. The lowest BCUT2D eigenvalue weighted by Crippen LogP contribution is -2.51. The van der Waals surface area contributed by atoms with Crippen LogP contribution in [0.1, 0.15) is 29.4 Å². The van der Waals surface area contributed by atoms with Crippen LogP contribution in [0, 0.1) is 5.82 Å². The van der Waals surface area contributed by atoms with Gasteiger partial charge in [-0.2, -0.15) is 0 Å². The molecule has 1 atom stereocenters. The minimum Gasteiger partial charge on any atom is -0.397 e. The van der Waals surface area contributed by atoms with Crippen molar-refractivity contribution in [3.63, 3.8) is 0 Å². The SMILES string of the molecule is CC1(NC(=O)c2sc3cccc(F)c3c2N)CCCOC1. The number of hydrogen-bond acceptors (Lipinski definition) is 4. The second kappa shape index (κ2) is 5.27. The molecule has 1 aromatic heterocycles. The van der Waals surface area contributed by atoms with E-state index in [2.05, 4.69) is 5.32 Å². The van der Waals surface area contributed by atoms with E-state index in [0.717, 1.165) is 19.4 Å². The number of carbonyl (C=O) groups is 1. The van der Waals surface area contributed by atoms with Gasteiger partial charge >= 0.3 is 0 Å². The van der Waals surface area contributed by atoms with Crippen molar-refractivity contribution in [2.24, 2.45) is 0 Å². The molecule has 2 aromatic rings. The average Bonchev–Trinajstić information content (AvgIpc) is 2.78. The number of carbonyl (C=O) groups excluding carboxylic acids is 1. The summed E-state index contributed by atoms with van der Waals surface area (Å²) in [7, 11) is 0. The lowest BCUT2D eigenvalue weighted by Gasteiger charge is -2.34. The summed E-state index contributed by atoms with van der Waals surface area (Å²) in [5.74, 6) is -0.659. The van der Waals surface area contributed by atoms with Gasteiger partial charge in [0.25, 0.3) is 5.91 Å². The molecular weight excluding hydrogens is 291 g/mol. The number of ether oxygens (including phenoxy) is 1. The summed E-state index contributed by atoms with van der Waals surface area (Å²) in [5, 5.41) is 3.31. The third-order valence-corrected chi connectivity index (χ3v) is 4.93. The van der Waals surface area contributed by atoms with Crippen molar-refractivity contribution in [1.29, 1.82) is 0 Å². The summed E-state index contributed by atoms with van der Waals surface area (Å²) in [4.78, 5) is 12.8. The van der Waals surface area contributed by atoms with Crippen LogP contribution in [0.3, 0.4) is 0 Å². The Morgan fingerprint density at radius 3 is 3.00 bits per heavy atom. The number of thiophene rings is 1. The van der Waals surface area contributed by atoms with E-state index in [9.17, 15) is 9.18 Å². The predicted octanol–water partition coefficient (Wildman–Crippen LogP) is 2.92. The van der Waals surface area contributed by atoms with Crippen molar-refractivity contribution >= 4 is 33.0 Å². The molecule has 6 heteroatoms. The first-order valence-electron chi connectivity index (χ1n) is 6.87. The molecule has 0 bridgehead atoms. The van der Waals surface area contributed by atoms with Crippen LogP contribution in [0.2, 0.25) is 0 Å². The highest BCUT2D eigenvalue weighted by molar-refractivity contribution is 7.21. The van der Waals surface area contributed by atoms with Gasteiger partial charge in [0.1, 0.15) is 10.7 Å². The largest absolute Gasteiger partial charge is 0.397 e. The number of hydrogen-bond donors (Lipinski definition) is 2. The van der Waals surface area contributed by atoms with E-state index in [1.165, 1.54) is 17.4 Å². The van der Waals surface area contributed by atoms with Gasteiger partial charge in [-0.25, -0.2) is 4.39 Å². The van der Waals surface area contributed by atoms with Crippen LogP contribution in [-0.2, 0) is 4.74 Å². The Hall–Kier alpha value is -1.66. The summed E-state index contributed by atoms with van der Waals surface area (Å²) >= 11 is 1.22. The first kappa shape index (κ1) is 14.3. The van der Waals surface area contributed by atoms with E-state index in [1.54, 1.807) is 12.1 Å². The fourth-order valence-electron chi connectivity index (χ4n) is 2.66. The molecule has 1 saturated heterocycles. The number of nitrogen functional groups attached to an aromatic ring is 1. The van der Waals surface area contributed by atoms with Crippen molar-refractivity contribution in [3.05, 3.63) is 28.9 Å². The molecule has 1 unspecified atom stereocenters. The second-order valence-corrected chi connectivity index (χ2v) is 6.68. The molecular formula is C15H17FN2O2S. The molecule has 1 aliphatic rings. The number of nitrogens with one attached hydrogen (secondary N) is 1. The Kier molecular flexibility index (Phi) is 3.59. The highest BCUT2D eigenvalue weighted by Gasteiger charge is 2.31. The number of rotatable bonds is 2. The van der Waals surface area contributed by atoms with Gasteiger partial charge in [-0.1, -0.05) is 6.07 Å². The first-order valence-corrected chi connectivity index (χ1v) is 7.69. The molecule has 1 fully saturated rings. The van der Waals surface area contributed by atoms with Crippen LogP contribution in [-0.4, -0.2) is 24.7 Å². The van der Waals surface area contributed by atoms with Crippen LogP contribution in [0.4, 0.5) is 10.1 Å². The number of nitrogens with two attached hydrogens (primary N) is 1. The van der Waals surface area contributed by atoms with Gasteiger partial charge in [-0.15, -0.1) is 11.3 Å². The van der Waals surface area contributed by atoms with E-state index in [4.69, 9.17) is 10.5 Å². The molecule has 112 valence electrons. The summed E-state index contributed by atoms with van der Waals surface area (Å²) in [6.07, 6.45) is 1.77. The zero-order valence-electron chi connectivity index (χ0n) is 11.7. The van der Waals surface area contributed by atoms with Gasteiger partial charge in [0, 0.05) is 11.3 Å². The van der Waals surface area contributed by atoms with Crippen LogP contribution >= 0.6 is 11.3 Å². The molecule has 4 nitrogen and oxygen atoms in total. The number of benzene rings is 1. The lowest BCUT2D eigenvalue weighted by molar-refractivity contribution is 0.0274. The molecule has 0 spiro atoms. The van der Waals surface area contributed by atoms with Crippen molar-refractivity contribution in [3.8, 4) is 0 Å². The molecule has 21 heavy (non-hydrogen) atoms. The molecule has 3 N–H and O–H groups in total. The van der Waals surface area contributed by atoms with Crippen LogP contribution in [0.15, 0.2) is 18.2 Å². The van der Waals surface area contributed by atoms with Crippen molar-refractivity contribution in [1.82, 2.24) is 5.32 Å². The van der Waals surface area contributed by atoms with Gasteiger partial charge in [-0.3, -0.25) is 4.79 Å². The number of halogens is 1. The van der Waals surface area contributed by atoms with Gasteiger partial charge in [0.2, 0.25) is 0 Å². The van der Waals surface area contributed by atoms with E-state index in [-0.39, 0.29) is 11.6 Å². The Morgan fingerprint density at radius 1 is 1.52 bits per heavy atom. The monoisotopic (exact) mass is 308 g/mol. The maximum absolute atomic E-state index is 13.8. The number of anilines is 1. The highest BCUT2D eigenvalue weighted by Crippen LogP contribution is 2.35. The van der Waals surface area contributed by atoms with Crippen LogP contribution in [0.25, 0.3) is 10.1 Å². The van der Waals surface area contributed by atoms with Crippen LogP contribution in [0.5, 0.6) is 0 Å². The summed E-state index contributed by atoms with van der Waals surface area (Å²) in [5.41, 5.74) is 5.79. The number of fused-ring (bicyclic) bond motifs is 1. The van der Waals surface area contributed by atoms with Crippen molar-refractivity contribution < 1.29 is 13.9 Å². The minimum absolute atomic E-state index is 0.214. The van der Waals surface area contributed by atoms with E-state index >= 15 is 0 Å². The summed E-state index contributed by atoms with van der Waals surface area (Å²) in [6, 6.07) is 4.73. The Morgan fingerprint density at radius 2 is 2.33 bits per heavy atom. The molecule has 3 rings (SSSR count). The summed E-state index contributed by atoms with van der Waals surface area (Å²) < 4.78 is 19.9. The van der Waals surface area contributed by atoms with Gasteiger partial charge in [0.05, 0.1) is 23.2 Å². The first-order chi connectivity index (χ1) is 10.0. The quantitative estimate of drug-likeness (QED) is 0.896. The van der Waals surface area contributed by atoms with Crippen molar-refractivity contribution in [2.45, 2.75) is 25.3 Å². The number of amides is 1. The Labute approximate surface area is 126 Å². The van der Waals surface area contributed by atoms with Gasteiger partial charge in [0.15, 0.2) is 0 Å². The third kappa shape index (κ3) is 2.61. The molecule has 1 aromatic carbocycles. The summed E-state index contributed by atoms with van der Waals surface area (Å²) in [6.45, 7) is 3.16. The fraction of sp³-hybridized carbons (Fsp3) is 0.400. The zero-order valence-corrected chi connectivity index (χ0v) is 12.6. The lowest BCUT2D eigenvalue weighted by atomic mass is 9.95. The average molecular weight is 308 g/mol. The van der Waals surface area contributed by atoms with Gasteiger partial charge < -0.3 is 15.8 Å². The van der Waals surface area contributed by atoms with E-state index < -0.39 is 11.4 Å². The van der Waals surface area contributed by atoms with E-state index in [1.807, 2.05) is 6.92 Å². The molecule has 1 aliphatic heterocycles. The van der Waals surface area contributed by atoms with Gasteiger partial charge in [-0.05, 0) is 31.9 Å². The molecule has 0 radical (unpaired) electrons. The topological polar surface area (TPSA) is 64.4 Å². The standard InChI is InChI=1S/C15H17FN2O2S/c1-15(6-3-7-20-8-15)18-14(19)13-12(17)11-9(16)4-2-5-10(11)21-13/h2,4-5H,3,6-8,17H2,1H3,(H,18,19). The predicted molar refractivity (Wildman–Crippen MR) is 82.1 cm³/mol. The van der Waals surface area contributed by atoms with Crippen molar-refractivity contribution in [2.75, 3.05) is 18.9 Å². The molecule has 0 aliphatic carbocycles. The second-order valence-electron chi connectivity index (χ2n) is 5.63.